The molecule has 1 fully saturated rings. The van der Waals surface area contributed by atoms with Crippen molar-refractivity contribution in [2.75, 3.05) is 32.8 Å². The van der Waals surface area contributed by atoms with Gasteiger partial charge in [0.2, 0.25) is 10.0 Å². The molecule has 0 spiro atoms. The highest BCUT2D eigenvalue weighted by atomic mass is 35.5. The van der Waals surface area contributed by atoms with E-state index in [0.29, 0.717) is 16.9 Å². The second-order valence-electron chi connectivity index (χ2n) is 7.72. The minimum absolute atomic E-state index is 0.0639. The minimum Gasteiger partial charge on any atom is -0.484 e. The van der Waals surface area contributed by atoms with E-state index >= 15 is 0 Å². The summed E-state index contributed by atoms with van der Waals surface area (Å²) in [6.45, 7) is 0.696. The number of rotatable bonds is 7. The molecule has 0 radical (unpaired) electrons. The summed E-state index contributed by atoms with van der Waals surface area (Å²) in [4.78, 5) is 26.7. The molecule has 0 bridgehead atoms. The molecule has 3 aromatic carbocycles. The number of carbonyl (C=O) groups excluding carboxylic acids is 2. The van der Waals surface area contributed by atoms with Gasteiger partial charge < -0.3 is 9.64 Å². The Labute approximate surface area is 203 Å². The summed E-state index contributed by atoms with van der Waals surface area (Å²) in [6.07, 6.45) is 0. The summed E-state index contributed by atoms with van der Waals surface area (Å²) in [5.74, 6) is 0.143. The van der Waals surface area contributed by atoms with Crippen LogP contribution in [-0.4, -0.2) is 62.1 Å². The van der Waals surface area contributed by atoms with Crippen molar-refractivity contribution in [2.24, 2.45) is 0 Å². The fourth-order valence-electron chi connectivity index (χ4n) is 3.67. The fraction of sp³-hybridized carbons (Fsp3) is 0.200. The molecular formula is C25H23ClN2O5S. The summed E-state index contributed by atoms with van der Waals surface area (Å²) in [6, 6.07) is 21.9. The van der Waals surface area contributed by atoms with E-state index in [-0.39, 0.29) is 54.4 Å². The maximum absolute atomic E-state index is 12.9. The lowest BCUT2D eigenvalue weighted by Crippen LogP contribution is -2.51. The van der Waals surface area contributed by atoms with E-state index in [2.05, 4.69) is 0 Å². The Morgan fingerprint density at radius 1 is 0.794 bits per heavy atom. The van der Waals surface area contributed by atoms with Crippen molar-refractivity contribution < 1.29 is 22.7 Å². The average molecular weight is 499 g/mol. The van der Waals surface area contributed by atoms with Gasteiger partial charge in [0, 0.05) is 37.3 Å². The van der Waals surface area contributed by atoms with Crippen molar-refractivity contribution in [3.63, 3.8) is 0 Å². The van der Waals surface area contributed by atoms with Crippen LogP contribution in [0.2, 0.25) is 5.02 Å². The Bertz CT molecular complexity index is 1270. The van der Waals surface area contributed by atoms with Crippen molar-refractivity contribution in [3.8, 4) is 5.75 Å². The van der Waals surface area contributed by atoms with Crippen molar-refractivity contribution in [2.45, 2.75) is 4.90 Å². The number of carbonyl (C=O) groups is 2. The third-order valence-corrected chi connectivity index (χ3v) is 7.96. The molecule has 9 heteroatoms. The first-order valence-electron chi connectivity index (χ1n) is 10.7. The number of ether oxygens (including phenoxy) is 1. The Morgan fingerprint density at radius 2 is 1.38 bits per heavy atom. The molecule has 0 aliphatic carbocycles. The summed E-state index contributed by atoms with van der Waals surface area (Å²) >= 11 is 6.06. The number of benzene rings is 3. The highest BCUT2D eigenvalue weighted by Gasteiger charge is 2.31. The van der Waals surface area contributed by atoms with Gasteiger partial charge in [-0.15, -0.1) is 0 Å². The van der Waals surface area contributed by atoms with Crippen molar-refractivity contribution >= 4 is 33.3 Å². The van der Waals surface area contributed by atoms with E-state index in [9.17, 15) is 18.0 Å². The van der Waals surface area contributed by atoms with Gasteiger partial charge in [-0.2, -0.15) is 4.31 Å². The molecule has 1 aliphatic heterocycles. The quantitative estimate of drug-likeness (QED) is 0.466. The SMILES string of the molecule is O=C(c1ccccc1)c1ccc(OCC(=O)N2CCN(S(=O)(=O)c3ccccc3Cl)CC2)cc1. The van der Waals surface area contributed by atoms with Gasteiger partial charge in [-0.25, -0.2) is 8.42 Å². The van der Waals surface area contributed by atoms with Gasteiger partial charge in [-0.05, 0) is 36.4 Å². The van der Waals surface area contributed by atoms with Crippen molar-refractivity contribution in [1.82, 2.24) is 9.21 Å². The van der Waals surface area contributed by atoms with E-state index in [1.807, 2.05) is 18.2 Å². The van der Waals surface area contributed by atoms with Gasteiger partial charge in [0.25, 0.3) is 5.91 Å². The molecule has 7 nitrogen and oxygen atoms in total. The topological polar surface area (TPSA) is 84.0 Å². The van der Waals surface area contributed by atoms with Gasteiger partial charge in [-0.1, -0.05) is 54.1 Å². The molecule has 1 saturated heterocycles. The van der Waals surface area contributed by atoms with Gasteiger partial charge >= 0.3 is 0 Å². The van der Waals surface area contributed by atoms with Crippen LogP contribution < -0.4 is 4.74 Å². The van der Waals surface area contributed by atoms with E-state index in [1.54, 1.807) is 53.4 Å². The molecule has 1 aliphatic rings. The Balaban J connectivity index is 1.29. The van der Waals surface area contributed by atoms with Crippen LogP contribution in [0.5, 0.6) is 5.75 Å². The molecule has 1 amide bonds. The number of nitrogens with zero attached hydrogens (tertiary/aromatic N) is 2. The van der Waals surface area contributed by atoms with Crippen LogP contribution in [-0.2, 0) is 14.8 Å². The first-order valence-corrected chi connectivity index (χ1v) is 12.5. The standard InChI is InChI=1S/C25H23ClN2O5S/c26-22-8-4-5-9-23(22)34(31,32)28-16-14-27(15-17-28)24(29)18-33-21-12-10-20(11-13-21)25(30)19-6-2-1-3-7-19/h1-13H,14-18H2. The average Bonchev–Trinajstić information content (AvgIpc) is 2.88. The van der Waals surface area contributed by atoms with E-state index in [4.69, 9.17) is 16.3 Å². The van der Waals surface area contributed by atoms with Crippen molar-refractivity contribution in [1.29, 1.82) is 0 Å². The molecule has 1 heterocycles. The second-order valence-corrected chi connectivity index (χ2v) is 10.0. The highest BCUT2D eigenvalue weighted by Crippen LogP contribution is 2.25. The van der Waals surface area contributed by atoms with E-state index in [1.165, 1.54) is 16.4 Å². The highest BCUT2D eigenvalue weighted by molar-refractivity contribution is 7.89. The smallest absolute Gasteiger partial charge is 0.260 e. The zero-order valence-corrected chi connectivity index (χ0v) is 19.8. The normalized spacial score (nSPS) is 14.6. The minimum atomic E-state index is -3.72. The Morgan fingerprint density at radius 3 is 2.03 bits per heavy atom. The van der Waals surface area contributed by atoms with Crippen LogP contribution >= 0.6 is 11.6 Å². The Kier molecular flexibility index (Phi) is 7.31. The first kappa shape index (κ1) is 23.9. The molecule has 0 aromatic heterocycles. The third kappa shape index (κ3) is 5.30. The molecule has 0 N–H and O–H groups in total. The maximum atomic E-state index is 12.9. The lowest BCUT2D eigenvalue weighted by atomic mass is 10.0. The third-order valence-electron chi connectivity index (χ3n) is 5.56. The molecule has 34 heavy (non-hydrogen) atoms. The molecular weight excluding hydrogens is 476 g/mol. The molecule has 3 aromatic rings. The van der Waals surface area contributed by atoms with Gasteiger partial charge in [0.15, 0.2) is 12.4 Å². The first-order chi connectivity index (χ1) is 16.4. The van der Waals surface area contributed by atoms with Crippen LogP contribution in [0.3, 0.4) is 0 Å². The zero-order valence-electron chi connectivity index (χ0n) is 18.3. The predicted molar refractivity (Wildman–Crippen MR) is 129 cm³/mol. The number of hydrogen-bond donors (Lipinski definition) is 0. The molecule has 0 saturated carbocycles. The van der Waals surface area contributed by atoms with Crippen LogP contribution in [0, 0.1) is 0 Å². The van der Waals surface area contributed by atoms with E-state index in [0.717, 1.165) is 0 Å². The van der Waals surface area contributed by atoms with Gasteiger partial charge in [0.05, 0.1) is 5.02 Å². The summed E-state index contributed by atoms with van der Waals surface area (Å²) in [5, 5.41) is 0.172. The number of piperazine rings is 1. The number of sulfonamides is 1. The second kappa shape index (κ2) is 10.4. The molecule has 176 valence electrons. The summed E-state index contributed by atoms with van der Waals surface area (Å²) in [7, 11) is -3.72. The monoisotopic (exact) mass is 498 g/mol. The van der Waals surface area contributed by atoms with Crippen molar-refractivity contribution in [3.05, 3.63) is 95.0 Å². The number of ketones is 1. The number of hydrogen-bond acceptors (Lipinski definition) is 5. The molecule has 4 rings (SSSR count). The largest absolute Gasteiger partial charge is 0.484 e. The predicted octanol–water partition coefficient (Wildman–Crippen LogP) is 3.48. The van der Waals surface area contributed by atoms with Gasteiger partial charge in [0.1, 0.15) is 10.6 Å². The summed E-state index contributed by atoms with van der Waals surface area (Å²) < 4.78 is 32.6. The van der Waals surface area contributed by atoms with Gasteiger partial charge in [-0.3, -0.25) is 9.59 Å². The number of halogens is 1. The van der Waals surface area contributed by atoms with Crippen LogP contribution in [0.4, 0.5) is 0 Å². The van der Waals surface area contributed by atoms with Crippen LogP contribution in [0.15, 0.2) is 83.8 Å². The fourth-order valence-corrected chi connectivity index (χ4v) is 5.58. The molecule has 0 atom stereocenters. The van der Waals surface area contributed by atoms with E-state index < -0.39 is 10.0 Å². The lowest BCUT2D eigenvalue weighted by Gasteiger charge is -2.34. The number of amides is 1. The Hall–Kier alpha value is -3.20. The maximum Gasteiger partial charge on any atom is 0.260 e. The van der Waals surface area contributed by atoms with Crippen LogP contribution in [0.25, 0.3) is 0 Å². The zero-order chi connectivity index (χ0) is 24.1. The van der Waals surface area contributed by atoms with Crippen LogP contribution in [0.1, 0.15) is 15.9 Å². The molecule has 0 unspecified atom stereocenters. The summed E-state index contributed by atoms with van der Waals surface area (Å²) in [5.41, 5.74) is 1.13. The lowest BCUT2D eigenvalue weighted by molar-refractivity contribution is -0.134.